The molecule has 4 nitrogen and oxygen atoms in total. The van der Waals surface area contributed by atoms with Gasteiger partial charge in [-0.2, -0.15) is 0 Å². The lowest BCUT2D eigenvalue weighted by Gasteiger charge is -2.14. The number of hydrogen-bond donors (Lipinski definition) is 0. The molecule has 0 aliphatic heterocycles. The van der Waals surface area contributed by atoms with Crippen molar-refractivity contribution in [2.24, 2.45) is 0 Å². The third-order valence-corrected chi connectivity index (χ3v) is 2.81. The summed E-state index contributed by atoms with van der Waals surface area (Å²) >= 11 is 0. The van der Waals surface area contributed by atoms with Gasteiger partial charge in [0.2, 0.25) is 5.78 Å². The number of fused-ring (bicyclic) bond motifs is 1. The van der Waals surface area contributed by atoms with Gasteiger partial charge in [0.05, 0.1) is 7.11 Å². The third-order valence-electron chi connectivity index (χ3n) is 2.81. The number of carbonyl (C=O) groups excluding carboxylic acids is 2. The van der Waals surface area contributed by atoms with Gasteiger partial charge in [-0.05, 0) is 5.22 Å². The molecule has 88 valence electrons. The van der Waals surface area contributed by atoms with Crippen LogP contribution in [0.15, 0.2) is 24.3 Å². The van der Waals surface area contributed by atoms with E-state index in [0.717, 1.165) is 5.22 Å². The van der Waals surface area contributed by atoms with Gasteiger partial charge in [-0.15, -0.1) is 0 Å². The van der Waals surface area contributed by atoms with Crippen molar-refractivity contribution in [3.8, 4) is 0 Å². The third kappa shape index (κ3) is 1.66. The Morgan fingerprint density at radius 2 is 1.88 bits per heavy atom. The molecule has 0 amide bonds. The molecule has 1 atom stereocenters. The van der Waals surface area contributed by atoms with Gasteiger partial charge < -0.3 is 9.47 Å². The molecule has 2 rings (SSSR count). The van der Waals surface area contributed by atoms with Gasteiger partial charge in [0.15, 0.2) is 6.29 Å². The number of carbonyl (C=O) groups is 2. The monoisotopic (exact) mass is 232 g/mol. The minimum absolute atomic E-state index is 0.302. The summed E-state index contributed by atoms with van der Waals surface area (Å²) in [4.78, 5) is 22.3. The number of rotatable bonds is 4. The van der Waals surface area contributed by atoms with Gasteiger partial charge in [-0.25, -0.2) is 0 Å². The topological polar surface area (TPSA) is 52.6 Å². The first-order chi connectivity index (χ1) is 8.24. The van der Waals surface area contributed by atoms with Crippen LogP contribution in [0.3, 0.4) is 0 Å². The van der Waals surface area contributed by atoms with E-state index >= 15 is 0 Å². The maximum Gasteiger partial charge on any atom is 0.225 e. The molecule has 4 heteroatoms. The summed E-state index contributed by atoms with van der Waals surface area (Å²) < 4.78 is 10.5. The standard InChI is InChI=1S/C13H12O4/c1-16-12-9-6-4-3-5-8(9)11(10(15)7-14)13(12)17-2/h3-7,13H,1-2H3. The number of ketones is 1. The summed E-state index contributed by atoms with van der Waals surface area (Å²) in [6.07, 6.45) is -0.299. The normalized spacial score (nSPS) is 17.9. The molecule has 0 fully saturated rings. The molecule has 0 spiro atoms. The zero-order valence-electron chi connectivity index (χ0n) is 9.60. The van der Waals surface area contributed by atoms with Crippen LogP contribution in [0.25, 0.3) is 11.3 Å². The summed E-state index contributed by atoms with van der Waals surface area (Å²) in [7, 11) is 3.00. The van der Waals surface area contributed by atoms with Gasteiger partial charge in [0.1, 0.15) is 11.9 Å². The van der Waals surface area contributed by atoms with Crippen LogP contribution >= 0.6 is 0 Å². The van der Waals surface area contributed by atoms with Gasteiger partial charge in [-0.3, -0.25) is 9.59 Å². The molecule has 1 aliphatic rings. The van der Waals surface area contributed by atoms with Crippen molar-refractivity contribution in [1.29, 1.82) is 0 Å². The van der Waals surface area contributed by atoms with Crippen LogP contribution in [0.5, 0.6) is 0 Å². The highest BCUT2D eigenvalue weighted by atomic mass is 16.5. The van der Waals surface area contributed by atoms with E-state index in [1.807, 2.05) is 18.2 Å². The molecule has 0 saturated carbocycles. The van der Waals surface area contributed by atoms with E-state index in [2.05, 4.69) is 0 Å². The molecular weight excluding hydrogens is 220 g/mol. The van der Waals surface area contributed by atoms with Crippen LogP contribution in [0.2, 0.25) is 0 Å². The lowest BCUT2D eigenvalue weighted by Crippen LogP contribution is -2.26. The lowest BCUT2D eigenvalue weighted by molar-refractivity contribution is -0.126. The van der Waals surface area contributed by atoms with E-state index in [1.54, 1.807) is 6.07 Å². The Balaban J connectivity index is 2.82. The quantitative estimate of drug-likeness (QED) is 0.513. The fourth-order valence-electron chi connectivity index (χ4n) is 2.11. The Morgan fingerprint density at radius 1 is 1.24 bits per heavy atom. The fraction of sp³-hybridized carbons (Fsp3) is 0.231. The van der Waals surface area contributed by atoms with Gasteiger partial charge in [0.25, 0.3) is 0 Å². The van der Waals surface area contributed by atoms with Gasteiger partial charge in [-0.1, -0.05) is 24.3 Å². The average molecular weight is 232 g/mol. The first-order valence-electron chi connectivity index (χ1n) is 5.14. The largest absolute Gasteiger partial charge is 0.497 e. The predicted molar refractivity (Wildman–Crippen MR) is 61.4 cm³/mol. The van der Waals surface area contributed by atoms with Crippen LogP contribution < -0.4 is 10.4 Å². The first-order valence-corrected chi connectivity index (χ1v) is 5.14. The molecule has 1 aliphatic carbocycles. The van der Waals surface area contributed by atoms with E-state index in [9.17, 15) is 9.59 Å². The number of aldehydes is 1. The van der Waals surface area contributed by atoms with Crippen molar-refractivity contribution in [2.45, 2.75) is 6.10 Å². The molecule has 1 aromatic rings. The van der Waals surface area contributed by atoms with Crippen molar-refractivity contribution in [3.05, 3.63) is 34.7 Å². The van der Waals surface area contributed by atoms with Crippen LogP contribution in [0.1, 0.15) is 0 Å². The van der Waals surface area contributed by atoms with E-state index in [-0.39, 0.29) is 0 Å². The Kier molecular flexibility index (Phi) is 3.06. The van der Waals surface area contributed by atoms with Crippen molar-refractivity contribution in [3.63, 3.8) is 0 Å². The molecule has 0 heterocycles. The number of hydrogen-bond acceptors (Lipinski definition) is 4. The van der Waals surface area contributed by atoms with Crippen LogP contribution in [0.4, 0.5) is 0 Å². The Hall–Kier alpha value is -1.94. The lowest BCUT2D eigenvalue weighted by atomic mass is 10.1. The molecular formula is C13H12O4. The molecule has 17 heavy (non-hydrogen) atoms. The van der Waals surface area contributed by atoms with Gasteiger partial charge in [0, 0.05) is 17.9 Å². The average Bonchev–Trinajstić information content (AvgIpc) is 2.71. The summed E-state index contributed by atoms with van der Waals surface area (Å²) in [5.41, 5.74) is 0.343. The maximum absolute atomic E-state index is 11.7. The van der Waals surface area contributed by atoms with Crippen molar-refractivity contribution in [1.82, 2.24) is 0 Å². The van der Waals surface area contributed by atoms with E-state index in [4.69, 9.17) is 9.47 Å². The minimum atomic E-state index is -0.602. The van der Waals surface area contributed by atoms with E-state index in [1.165, 1.54) is 14.2 Å². The van der Waals surface area contributed by atoms with Gasteiger partial charge >= 0.3 is 0 Å². The number of ether oxygens (including phenoxy) is 2. The highest BCUT2D eigenvalue weighted by Gasteiger charge is 2.31. The van der Waals surface area contributed by atoms with E-state index < -0.39 is 11.9 Å². The number of methoxy groups -OCH3 is 2. The Morgan fingerprint density at radius 3 is 2.41 bits per heavy atom. The molecule has 1 unspecified atom stereocenters. The second kappa shape index (κ2) is 4.51. The molecule has 0 N–H and O–H groups in total. The minimum Gasteiger partial charge on any atom is -0.497 e. The van der Waals surface area contributed by atoms with Crippen molar-refractivity contribution >= 4 is 23.4 Å². The first kappa shape index (κ1) is 11.5. The zero-order valence-corrected chi connectivity index (χ0v) is 9.60. The smallest absolute Gasteiger partial charge is 0.225 e. The second-order valence-corrected chi connectivity index (χ2v) is 3.63. The molecule has 0 aromatic heterocycles. The fourth-order valence-corrected chi connectivity index (χ4v) is 2.11. The molecule has 1 aromatic carbocycles. The van der Waals surface area contributed by atoms with Crippen molar-refractivity contribution < 1.29 is 19.1 Å². The molecule has 0 saturated heterocycles. The van der Waals surface area contributed by atoms with E-state index in [0.29, 0.717) is 22.8 Å². The maximum atomic E-state index is 11.7. The summed E-state index contributed by atoms with van der Waals surface area (Å²) in [6.45, 7) is 0. The number of Topliss-reactive ketones (excluding diaryl/α,β-unsaturated/α-hetero) is 1. The Labute approximate surface area is 98.2 Å². The molecule has 0 radical (unpaired) electrons. The highest BCUT2D eigenvalue weighted by Crippen LogP contribution is 2.19. The summed E-state index contributed by atoms with van der Waals surface area (Å²) in [5, 5.41) is 1.50. The predicted octanol–water partition coefficient (Wildman–Crippen LogP) is -0.611. The molecule has 0 bridgehead atoms. The zero-order chi connectivity index (χ0) is 12.4. The van der Waals surface area contributed by atoms with Crippen LogP contribution in [0, 0.1) is 0 Å². The summed E-state index contributed by atoms with van der Waals surface area (Å²) in [6, 6.07) is 7.27. The SMILES string of the molecule is COC1=c2ccccc2=C(C(=O)C=O)C1OC. The van der Waals surface area contributed by atoms with Crippen LogP contribution in [-0.2, 0) is 19.1 Å². The Bertz CT molecular complexity index is 586. The van der Waals surface area contributed by atoms with Crippen LogP contribution in [-0.4, -0.2) is 32.4 Å². The highest BCUT2D eigenvalue weighted by molar-refractivity contribution is 6.45. The second-order valence-electron chi connectivity index (χ2n) is 3.63. The van der Waals surface area contributed by atoms with Crippen molar-refractivity contribution in [2.75, 3.05) is 14.2 Å². The number of benzene rings is 1. The summed E-state index contributed by atoms with van der Waals surface area (Å²) in [5.74, 6) is -0.00958.